The third kappa shape index (κ3) is 6.79. The number of aryl methyl sites for hydroxylation is 1. The van der Waals surface area contributed by atoms with E-state index in [4.69, 9.17) is 15.2 Å². The zero-order valence-corrected chi connectivity index (χ0v) is 15.6. The normalized spacial score (nSPS) is 12.8. The Morgan fingerprint density at radius 3 is 2.56 bits per heavy atom. The molecule has 0 aliphatic heterocycles. The number of thiophene rings is 1. The van der Waals surface area contributed by atoms with Crippen LogP contribution in [0.15, 0.2) is 36.4 Å². The van der Waals surface area contributed by atoms with E-state index in [0.29, 0.717) is 13.0 Å². The van der Waals surface area contributed by atoms with Crippen molar-refractivity contribution in [3.05, 3.63) is 46.2 Å². The molecule has 2 aromatic rings. The van der Waals surface area contributed by atoms with Crippen LogP contribution >= 0.6 is 11.3 Å². The Hall–Kier alpha value is -2.00. The van der Waals surface area contributed by atoms with E-state index < -0.39 is 5.54 Å². The van der Waals surface area contributed by atoms with E-state index in [0.717, 1.165) is 29.2 Å². The summed E-state index contributed by atoms with van der Waals surface area (Å²) in [6.07, 6.45) is 2.29. The van der Waals surface area contributed by atoms with E-state index >= 15 is 0 Å². The van der Waals surface area contributed by atoms with Crippen LogP contribution in [0.1, 0.15) is 29.5 Å². The molecule has 3 N–H and O–H groups in total. The maximum atomic E-state index is 9.19. The van der Waals surface area contributed by atoms with Crippen molar-refractivity contribution in [2.45, 2.75) is 31.7 Å². The Morgan fingerprint density at radius 2 is 1.88 bits per heavy atom. The van der Waals surface area contributed by atoms with Crippen molar-refractivity contribution in [1.29, 1.82) is 0 Å². The molecular weight excluding hydrogens is 334 g/mol. The predicted octanol–water partition coefficient (Wildman–Crippen LogP) is 3.22. The molecule has 1 heterocycles. The fraction of sp³-hybridized carbons (Fsp3) is 0.400. The molecule has 1 unspecified atom stereocenters. The molecule has 1 atom stereocenters. The van der Waals surface area contributed by atoms with E-state index in [1.807, 2.05) is 37.3 Å². The van der Waals surface area contributed by atoms with E-state index in [9.17, 15) is 5.11 Å². The van der Waals surface area contributed by atoms with Gasteiger partial charge in [-0.2, -0.15) is 0 Å². The van der Waals surface area contributed by atoms with Gasteiger partial charge in [-0.1, -0.05) is 11.8 Å². The van der Waals surface area contributed by atoms with E-state index in [-0.39, 0.29) is 6.61 Å². The lowest BCUT2D eigenvalue weighted by Gasteiger charge is -2.20. The van der Waals surface area contributed by atoms with Crippen LogP contribution in [0.4, 0.5) is 0 Å². The van der Waals surface area contributed by atoms with Gasteiger partial charge in [0.15, 0.2) is 0 Å². The third-order valence-electron chi connectivity index (χ3n) is 3.73. The van der Waals surface area contributed by atoms with Gasteiger partial charge in [0.2, 0.25) is 0 Å². The maximum Gasteiger partial charge on any atom is 0.119 e. The lowest BCUT2D eigenvalue weighted by atomic mass is 9.98. The van der Waals surface area contributed by atoms with Gasteiger partial charge in [0, 0.05) is 16.8 Å². The average Bonchev–Trinajstić information content (AvgIpc) is 3.08. The summed E-state index contributed by atoms with van der Waals surface area (Å²) in [7, 11) is 1.64. The SMILES string of the molecule is COc1ccc(OCCC#Cc2ccc(CCC(C)(N)CO)s2)cc1. The Kier molecular flexibility index (Phi) is 7.32. The molecule has 0 radical (unpaired) electrons. The molecule has 5 heteroatoms. The first kappa shape index (κ1) is 19.3. The Bertz CT molecular complexity index is 711. The van der Waals surface area contributed by atoms with Crippen molar-refractivity contribution in [1.82, 2.24) is 0 Å². The lowest BCUT2D eigenvalue weighted by molar-refractivity contribution is 0.201. The second kappa shape index (κ2) is 9.47. The number of hydrogen-bond acceptors (Lipinski definition) is 5. The van der Waals surface area contributed by atoms with Crippen molar-refractivity contribution in [2.24, 2.45) is 5.73 Å². The van der Waals surface area contributed by atoms with Gasteiger partial charge in [-0.3, -0.25) is 0 Å². The van der Waals surface area contributed by atoms with Crippen molar-refractivity contribution in [2.75, 3.05) is 20.3 Å². The zero-order valence-electron chi connectivity index (χ0n) is 14.7. The summed E-state index contributed by atoms with van der Waals surface area (Å²) in [6, 6.07) is 11.6. The first-order chi connectivity index (χ1) is 12.0. The smallest absolute Gasteiger partial charge is 0.119 e. The topological polar surface area (TPSA) is 64.7 Å². The van der Waals surface area contributed by atoms with Crippen LogP contribution in [-0.2, 0) is 6.42 Å². The van der Waals surface area contributed by atoms with Crippen molar-refractivity contribution < 1.29 is 14.6 Å². The van der Waals surface area contributed by atoms with Gasteiger partial charge >= 0.3 is 0 Å². The van der Waals surface area contributed by atoms with Gasteiger partial charge in [0.25, 0.3) is 0 Å². The molecule has 4 nitrogen and oxygen atoms in total. The molecule has 134 valence electrons. The van der Waals surface area contributed by atoms with Gasteiger partial charge in [-0.05, 0) is 56.2 Å². The molecule has 2 rings (SSSR count). The fourth-order valence-corrected chi connectivity index (χ4v) is 2.99. The molecule has 1 aromatic heterocycles. The van der Waals surface area contributed by atoms with Gasteiger partial charge in [-0.25, -0.2) is 0 Å². The largest absolute Gasteiger partial charge is 0.497 e. The van der Waals surface area contributed by atoms with Crippen LogP contribution in [0.5, 0.6) is 11.5 Å². The molecule has 0 aliphatic rings. The Balaban J connectivity index is 1.74. The molecule has 0 aliphatic carbocycles. The average molecular weight is 359 g/mol. The predicted molar refractivity (Wildman–Crippen MR) is 102 cm³/mol. The highest BCUT2D eigenvalue weighted by Gasteiger charge is 2.16. The zero-order chi connectivity index (χ0) is 18.1. The van der Waals surface area contributed by atoms with E-state index in [1.54, 1.807) is 18.4 Å². The van der Waals surface area contributed by atoms with Gasteiger partial charge < -0.3 is 20.3 Å². The summed E-state index contributed by atoms with van der Waals surface area (Å²) < 4.78 is 10.8. The van der Waals surface area contributed by atoms with E-state index in [1.165, 1.54) is 4.88 Å². The number of aliphatic hydroxyl groups excluding tert-OH is 1. The minimum atomic E-state index is -0.519. The molecule has 0 saturated carbocycles. The molecule has 0 saturated heterocycles. The Labute approximate surface area is 153 Å². The van der Waals surface area contributed by atoms with Crippen LogP contribution in [0.3, 0.4) is 0 Å². The molecule has 0 fully saturated rings. The third-order valence-corrected chi connectivity index (χ3v) is 4.79. The molecule has 0 bridgehead atoms. The van der Waals surface area contributed by atoms with Crippen LogP contribution in [0.25, 0.3) is 0 Å². The molecule has 0 spiro atoms. The number of rotatable bonds is 8. The van der Waals surface area contributed by atoms with Gasteiger partial charge in [0.1, 0.15) is 11.5 Å². The summed E-state index contributed by atoms with van der Waals surface area (Å²) in [6.45, 7) is 2.42. The summed E-state index contributed by atoms with van der Waals surface area (Å²) in [5, 5.41) is 9.19. The summed E-state index contributed by atoms with van der Waals surface area (Å²) in [4.78, 5) is 2.28. The quantitative estimate of drug-likeness (QED) is 0.561. The second-order valence-electron chi connectivity index (χ2n) is 6.15. The van der Waals surface area contributed by atoms with Crippen LogP contribution in [0.2, 0.25) is 0 Å². The summed E-state index contributed by atoms with van der Waals surface area (Å²) >= 11 is 1.68. The lowest BCUT2D eigenvalue weighted by Crippen LogP contribution is -2.40. The van der Waals surface area contributed by atoms with Crippen LogP contribution in [-0.4, -0.2) is 31.0 Å². The monoisotopic (exact) mass is 359 g/mol. The van der Waals surface area contributed by atoms with Gasteiger partial charge in [0.05, 0.1) is 25.2 Å². The van der Waals surface area contributed by atoms with Crippen molar-refractivity contribution in [3.8, 4) is 23.3 Å². The number of ether oxygens (including phenoxy) is 2. The van der Waals surface area contributed by atoms with Crippen LogP contribution < -0.4 is 15.2 Å². The molecule has 1 aromatic carbocycles. The number of methoxy groups -OCH3 is 1. The molecule has 25 heavy (non-hydrogen) atoms. The van der Waals surface area contributed by atoms with Crippen molar-refractivity contribution in [3.63, 3.8) is 0 Å². The van der Waals surface area contributed by atoms with Crippen LogP contribution in [0, 0.1) is 11.8 Å². The fourth-order valence-electron chi connectivity index (χ4n) is 2.11. The summed E-state index contributed by atoms with van der Waals surface area (Å²) in [5.41, 5.74) is 5.43. The second-order valence-corrected chi connectivity index (χ2v) is 7.32. The number of benzene rings is 1. The molecular formula is C20H25NO3S. The Morgan fingerprint density at radius 1 is 1.16 bits per heavy atom. The highest BCUT2D eigenvalue weighted by Crippen LogP contribution is 2.20. The highest BCUT2D eigenvalue weighted by atomic mass is 32.1. The standard InChI is InChI=1S/C20H25NO3S/c1-20(21,15-22)13-12-19-11-10-18(25-19)5-3-4-14-24-17-8-6-16(23-2)7-9-17/h6-11,22H,4,12-15,21H2,1-2H3. The summed E-state index contributed by atoms with van der Waals surface area (Å²) in [5.74, 6) is 7.93. The maximum absolute atomic E-state index is 9.19. The minimum Gasteiger partial charge on any atom is -0.497 e. The molecule has 0 amide bonds. The number of hydrogen-bond donors (Lipinski definition) is 2. The number of aliphatic hydroxyl groups is 1. The van der Waals surface area contributed by atoms with E-state index in [2.05, 4.69) is 17.9 Å². The highest BCUT2D eigenvalue weighted by molar-refractivity contribution is 7.12. The minimum absolute atomic E-state index is 0.000761. The first-order valence-electron chi connectivity index (χ1n) is 8.26. The van der Waals surface area contributed by atoms with Crippen molar-refractivity contribution >= 4 is 11.3 Å². The van der Waals surface area contributed by atoms with Gasteiger partial charge in [-0.15, -0.1) is 11.3 Å². The number of nitrogens with two attached hydrogens (primary N) is 1. The first-order valence-corrected chi connectivity index (χ1v) is 9.08.